The summed E-state index contributed by atoms with van der Waals surface area (Å²) in [6, 6.07) is 11.8. The Hall–Kier alpha value is -2.38. The lowest BCUT2D eigenvalue weighted by Gasteiger charge is -2.15. The van der Waals surface area contributed by atoms with Crippen LogP contribution >= 0.6 is 24.0 Å². The molecule has 1 fully saturated rings. The van der Waals surface area contributed by atoms with E-state index in [1.54, 1.807) is 37.3 Å². The van der Waals surface area contributed by atoms with Crippen molar-refractivity contribution < 1.29 is 18.7 Å². The molecule has 0 unspecified atom stereocenters. The third kappa shape index (κ3) is 4.48. The Morgan fingerprint density at radius 2 is 1.93 bits per heavy atom. The van der Waals surface area contributed by atoms with Crippen molar-refractivity contribution in [3.05, 3.63) is 64.3 Å². The second kappa shape index (κ2) is 8.54. The number of carbonyl (C=O) groups excluding carboxylic acids is 1. The number of ether oxygens (including phenoxy) is 2. The number of hydrogen-bond acceptors (Lipinski definition) is 5. The van der Waals surface area contributed by atoms with Gasteiger partial charge < -0.3 is 9.47 Å². The molecule has 7 heteroatoms. The molecule has 0 radical (unpaired) electrons. The highest BCUT2D eigenvalue weighted by molar-refractivity contribution is 8.26. The fourth-order valence-corrected chi connectivity index (χ4v) is 4.03. The van der Waals surface area contributed by atoms with Crippen LogP contribution in [-0.4, -0.2) is 35.9 Å². The van der Waals surface area contributed by atoms with Gasteiger partial charge in [-0.05, 0) is 47.9 Å². The second-order valence-corrected chi connectivity index (χ2v) is 7.50. The van der Waals surface area contributed by atoms with Crippen LogP contribution < -0.4 is 9.47 Å². The topological polar surface area (TPSA) is 38.8 Å². The van der Waals surface area contributed by atoms with E-state index in [0.29, 0.717) is 39.3 Å². The Morgan fingerprint density at radius 3 is 2.63 bits per heavy atom. The van der Waals surface area contributed by atoms with E-state index in [1.807, 2.05) is 18.2 Å². The van der Waals surface area contributed by atoms with E-state index in [2.05, 4.69) is 0 Å². The van der Waals surface area contributed by atoms with Crippen LogP contribution in [0.15, 0.2) is 47.4 Å². The third-order valence-corrected chi connectivity index (χ3v) is 5.47. The normalized spacial score (nSPS) is 15.5. The summed E-state index contributed by atoms with van der Waals surface area (Å²) in [6.45, 7) is 0.459. The molecular formula is C20H18FNO3S2. The third-order valence-electron chi connectivity index (χ3n) is 4.09. The summed E-state index contributed by atoms with van der Waals surface area (Å²) in [4.78, 5) is 14.7. The lowest BCUT2D eigenvalue weighted by atomic mass is 10.1. The molecule has 0 spiro atoms. The number of thioether (sulfide) groups is 1. The highest BCUT2D eigenvalue weighted by Crippen LogP contribution is 2.33. The molecule has 0 aromatic heterocycles. The van der Waals surface area contributed by atoms with Crippen molar-refractivity contribution >= 4 is 40.3 Å². The standard InChI is InChI=1S/C20H18FNO3S2/c1-24-16-7-6-13(11-17(16)25-2)8-9-22-19(23)18(27-20(22)26)12-14-4-3-5-15(21)10-14/h3-7,10-12H,8-9H2,1-2H3. The van der Waals surface area contributed by atoms with Gasteiger partial charge in [-0.2, -0.15) is 0 Å². The minimum absolute atomic E-state index is 0.158. The van der Waals surface area contributed by atoms with E-state index in [9.17, 15) is 9.18 Å². The lowest BCUT2D eigenvalue weighted by molar-refractivity contribution is -0.122. The zero-order chi connectivity index (χ0) is 19.4. The van der Waals surface area contributed by atoms with Gasteiger partial charge in [0.05, 0.1) is 19.1 Å². The van der Waals surface area contributed by atoms with Crippen LogP contribution in [0.25, 0.3) is 6.08 Å². The molecule has 0 aliphatic carbocycles. The highest BCUT2D eigenvalue weighted by atomic mass is 32.2. The molecule has 0 N–H and O–H groups in total. The zero-order valence-corrected chi connectivity index (χ0v) is 16.5. The first-order valence-corrected chi connectivity index (χ1v) is 9.46. The van der Waals surface area contributed by atoms with E-state index < -0.39 is 0 Å². The number of nitrogens with zero attached hydrogens (tertiary/aromatic N) is 1. The Bertz CT molecular complexity index is 914. The predicted molar refractivity (Wildman–Crippen MR) is 110 cm³/mol. The van der Waals surface area contributed by atoms with Crippen molar-refractivity contribution in [1.82, 2.24) is 4.90 Å². The largest absolute Gasteiger partial charge is 0.493 e. The molecule has 2 aromatic rings. The lowest BCUT2D eigenvalue weighted by Crippen LogP contribution is -2.30. The average molecular weight is 404 g/mol. The van der Waals surface area contributed by atoms with Crippen molar-refractivity contribution in [1.29, 1.82) is 0 Å². The summed E-state index contributed by atoms with van der Waals surface area (Å²) in [6.07, 6.45) is 2.29. The van der Waals surface area contributed by atoms with Gasteiger partial charge in [0.1, 0.15) is 10.1 Å². The van der Waals surface area contributed by atoms with E-state index in [4.69, 9.17) is 21.7 Å². The highest BCUT2D eigenvalue weighted by Gasteiger charge is 2.31. The number of rotatable bonds is 6. The molecular weight excluding hydrogens is 385 g/mol. The number of benzene rings is 2. The number of thiocarbonyl (C=S) groups is 1. The quantitative estimate of drug-likeness (QED) is 0.532. The minimum atomic E-state index is -0.340. The van der Waals surface area contributed by atoms with Gasteiger partial charge >= 0.3 is 0 Å². The minimum Gasteiger partial charge on any atom is -0.493 e. The molecule has 0 saturated carbocycles. The van der Waals surface area contributed by atoms with Crippen LogP contribution in [0, 0.1) is 5.82 Å². The van der Waals surface area contributed by atoms with Gasteiger partial charge in [-0.1, -0.05) is 42.2 Å². The summed E-state index contributed by atoms with van der Waals surface area (Å²) >= 11 is 6.58. The number of halogens is 1. The van der Waals surface area contributed by atoms with Crippen LogP contribution in [0.3, 0.4) is 0 Å². The molecule has 1 aliphatic rings. The number of amides is 1. The maximum absolute atomic E-state index is 13.3. The van der Waals surface area contributed by atoms with Crippen molar-refractivity contribution in [3.63, 3.8) is 0 Å². The average Bonchev–Trinajstić information content (AvgIpc) is 2.92. The Balaban J connectivity index is 1.71. The summed E-state index contributed by atoms with van der Waals surface area (Å²) in [5.41, 5.74) is 1.64. The Labute approximate surface area is 167 Å². The molecule has 140 valence electrons. The van der Waals surface area contributed by atoms with Gasteiger partial charge in [-0.25, -0.2) is 4.39 Å². The van der Waals surface area contributed by atoms with Gasteiger partial charge in [-0.15, -0.1) is 0 Å². The molecule has 27 heavy (non-hydrogen) atoms. The molecule has 3 rings (SSSR count). The summed E-state index contributed by atoms with van der Waals surface area (Å²) in [5.74, 6) is 0.804. The molecule has 1 amide bonds. The maximum Gasteiger partial charge on any atom is 0.266 e. The van der Waals surface area contributed by atoms with E-state index in [0.717, 1.165) is 5.56 Å². The van der Waals surface area contributed by atoms with E-state index in [1.165, 1.54) is 23.9 Å². The van der Waals surface area contributed by atoms with Gasteiger partial charge in [0, 0.05) is 6.54 Å². The first-order valence-electron chi connectivity index (χ1n) is 8.23. The van der Waals surface area contributed by atoms with Crippen molar-refractivity contribution in [2.45, 2.75) is 6.42 Å². The first kappa shape index (κ1) is 19.4. The monoisotopic (exact) mass is 403 g/mol. The second-order valence-electron chi connectivity index (χ2n) is 5.83. The molecule has 0 bridgehead atoms. The van der Waals surface area contributed by atoms with Crippen LogP contribution in [0.2, 0.25) is 0 Å². The van der Waals surface area contributed by atoms with E-state index >= 15 is 0 Å². The van der Waals surface area contributed by atoms with Crippen LogP contribution in [0.4, 0.5) is 4.39 Å². The van der Waals surface area contributed by atoms with Crippen molar-refractivity contribution in [3.8, 4) is 11.5 Å². The fourth-order valence-electron chi connectivity index (χ4n) is 2.72. The molecule has 0 atom stereocenters. The van der Waals surface area contributed by atoms with Crippen LogP contribution in [0.1, 0.15) is 11.1 Å². The maximum atomic E-state index is 13.3. The zero-order valence-electron chi connectivity index (χ0n) is 14.9. The SMILES string of the molecule is COc1ccc(CCN2C(=O)C(=Cc3cccc(F)c3)SC2=S)cc1OC. The van der Waals surface area contributed by atoms with Gasteiger partial charge in [0.25, 0.3) is 5.91 Å². The van der Waals surface area contributed by atoms with Crippen LogP contribution in [0.5, 0.6) is 11.5 Å². The molecule has 4 nitrogen and oxygen atoms in total. The summed E-state index contributed by atoms with van der Waals surface area (Å²) in [7, 11) is 3.17. The number of methoxy groups -OCH3 is 2. The Morgan fingerprint density at radius 1 is 1.15 bits per heavy atom. The first-order chi connectivity index (χ1) is 13.0. The number of hydrogen-bond donors (Lipinski definition) is 0. The molecule has 2 aromatic carbocycles. The molecule has 1 heterocycles. The number of carbonyl (C=O) groups is 1. The predicted octanol–water partition coefficient (Wildman–Crippen LogP) is 4.29. The molecule has 1 aliphatic heterocycles. The van der Waals surface area contributed by atoms with Crippen molar-refractivity contribution in [2.75, 3.05) is 20.8 Å². The fraction of sp³-hybridized carbons (Fsp3) is 0.200. The summed E-state index contributed by atoms with van der Waals surface area (Å²) in [5, 5.41) is 0. The smallest absolute Gasteiger partial charge is 0.266 e. The molecule has 1 saturated heterocycles. The van der Waals surface area contributed by atoms with Gasteiger partial charge in [0.2, 0.25) is 0 Å². The van der Waals surface area contributed by atoms with Gasteiger partial charge in [0.15, 0.2) is 11.5 Å². The van der Waals surface area contributed by atoms with E-state index in [-0.39, 0.29) is 11.7 Å². The Kier molecular flexibility index (Phi) is 6.13. The van der Waals surface area contributed by atoms with Crippen LogP contribution in [-0.2, 0) is 11.2 Å². The summed E-state index contributed by atoms with van der Waals surface area (Å²) < 4.78 is 24.4. The van der Waals surface area contributed by atoms with Crippen molar-refractivity contribution in [2.24, 2.45) is 0 Å². The van der Waals surface area contributed by atoms with Gasteiger partial charge in [-0.3, -0.25) is 9.69 Å².